The van der Waals surface area contributed by atoms with Gasteiger partial charge >= 0.3 is 0 Å². The van der Waals surface area contributed by atoms with Gasteiger partial charge in [0, 0.05) is 11.8 Å². The van der Waals surface area contributed by atoms with Crippen LogP contribution >= 0.6 is 12.6 Å². The first-order chi connectivity index (χ1) is 10.1. The van der Waals surface area contributed by atoms with Crippen LogP contribution < -0.4 is 10.1 Å². The van der Waals surface area contributed by atoms with Crippen molar-refractivity contribution in [3.05, 3.63) is 59.9 Å². The highest BCUT2D eigenvalue weighted by atomic mass is 32.1. The second kappa shape index (κ2) is 7.13. The number of benzene rings is 2. The predicted octanol–water partition coefficient (Wildman–Crippen LogP) is 3.31. The van der Waals surface area contributed by atoms with Crippen LogP contribution in [0, 0.1) is 5.82 Å². The van der Waals surface area contributed by atoms with E-state index in [0.29, 0.717) is 12.1 Å². The van der Waals surface area contributed by atoms with E-state index in [4.69, 9.17) is 4.74 Å². The van der Waals surface area contributed by atoms with Crippen LogP contribution in [-0.2, 0) is 11.2 Å². The smallest absolute Gasteiger partial charge is 0.237 e. The zero-order valence-corrected chi connectivity index (χ0v) is 12.4. The topological polar surface area (TPSA) is 38.3 Å². The van der Waals surface area contributed by atoms with Crippen molar-refractivity contribution in [2.45, 2.75) is 11.7 Å². The first-order valence-electron chi connectivity index (χ1n) is 6.46. The average molecular weight is 305 g/mol. The monoisotopic (exact) mass is 305 g/mol. The first kappa shape index (κ1) is 15.4. The maximum Gasteiger partial charge on any atom is 0.237 e. The number of carbonyl (C=O) groups is 1. The number of halogens is 1. The van der Waals surface area contributed by atoms with E-state index in [0.717, 1.165) is 5.56 Å². The van der Waals surface area contributed by atoms with Crippen molar-refractivity contribution in [3.8, 4) is 5.75 Å². The lowest BCUT2D eigenvalue weighted by atomic mass is 10.1. The van der Waals surface area contributed by atoms with Crippen LogP contribution in [0.15, 0.2) is 48.5 Å². The molecule has 1 unspecified atom stereocenters. The summed E-state index contributed by atoms with van der Waals surface area (Å²) in [6.07, 6.45) is 0.508. The van der Waals surface area contributed by atoms with Gasteiger partial charge in [0.2, 0.25) is 5.91 Å². The number of rotatable bonds is 5. The molecular weight excluding hydrogens is 289 g/mol. The summed E-state index contributed by atoms with van der Waals surface area (Å²) in [6.45, 7) is 0. The number of amides is 1. The van der Waals surface area contributed by atoms with Crippen molar-refractivity contribution >= 4 is 24.2 Å². The van der Waals surface area contributed by atoms with Gasteiger partial charge < -0.3 is 10.1 Å². The lowest BCUT2D eigenvalue weighted by Crippen LogP contribution is -2.25. The number of ether oxygens (including phenoxy) is 1. The van der Waals surface area contributed by atoms with E-state index >= 15 is 0 Å². The van der Waals surface area contributed by atoms with E-state index in [-0.39, 0.29) is 11.7 Å². The Kier molecular flexibility index (Phi) is 5.22. The minimum absolute atomic E-state index is 0.139. The zero-order valence-electron chi connectivity index (χ0n) is 11.5. The Bertz CT molecular complexity index is 619. The molecule has 0 aliphatic rings. The normalized spacial score (nSPS) is 11.8. The van der Waals surface area contributed by atoms with Crippen molar-refractivity contribution in [2.75, 3.05) is 12.4 Å². The molecular formula is C16H16FNO2S. The molecule has 0 aliphatic carbocycles. The summed E-state index contributed by atoms with van der Waals surface area (Å²) < 4.78 is 18.4. The molecule has 0 aromatic heterocycles. The lowest BCUT2D eigenvalue weighted by molar-refractivity contribution is -0.115. The van der Waals surface area contributed by atoms with Gasteiger partial charge in [-0.25, -0.2) is 4.39 Å². The van der Waals surface area contributed by atoms with Crippen LogP contribution in [0.4, 0.5) is 10.1 Å². The molecule has 0 aliphatic heterocycles. The fourth-order valence-electron chi connectivity index (χ4n) is 1.90. The van der Waals surface area contributed by atoms with Crippen molar-refractivity contribution in [3.63, 3.8) is 0 Å². The highest BCUT2D eigenvalue weighted by molar-refractivity contribution is 7.81. The fourth-order valence-corrected chi connectivity index (χ4v) is 2.18. The number of carbonyl (C=O) groups excluding carboxylic acids is 1. The quantitative estimate of drug-likeness (QED) is 0.832. The minimum Gasteiger partial charge on any atom is -0.494 e. The number of anilines is 1. The molecule has 0 radical (unpaired) electrons. The molecule has 0 heterocycles. The molecule has 2 aromatic carbocycles. The summed E-state index contributed by atoms with van der Waals surface area (Å²) in [4.78, 5) is 12.0. The van der Waals surface area contributed by atoms with Crippen molar-refractivity contribution in [1.82, 2.24) is 0 Å². The largest absolute Gasteiger partial charge is 0.494 e. The van der Waals surface area contributed by atoms with Gasteiger partial charge in [-0.3, -0.25) is 4.79 Å². The third-order valence-corrected chi connectivity index (χ3v) is 3.41. The van der Waals surface area contributed by atoms with Gasteiger partial charge in [-0.1, -0.05) is 30.3 Å². The number of hydrogen-bond acceptors (Lipinski definition) is 3. The summed E-state index contributed by atoms with van der Waals surface area (Å²) in [6, 6.07) is 13.9. The molecule has 110 valence electrons. The maximum atomic E-state index is 13.6. The van der Waals surface area contributed by atoms with Crippen molar-refractivity contribution in [1.29, 1.82) is 0 Å². The molecule has 21 heavy (non-hydrogen) atoms. The Morgan fingerprint density at radius 3 is 2.62 bits per heavy atom. The third-order valence-electron chi connectivity index (χ3n) is 2.99. The maximum absolute atomic E-state index is 13.6. The van der Waals surface area contributed by atoms with E-state index in [1.54, 1.807) is 6.07 Å². The summed E-state index contributed by atoms with van der Waals surface area (Å²) in [5.41, 5.74) is 1.40. The van der Waals surface area contributed by atoms with Gasteiger partial charge in [0.25, 0.3) is 0 Å². The van der Waals surface area contributed by atoms with Gasteiger partial charge in [0.05, 0.1) is 12.4 Å². The highest BCUT2D eigenvalue weighted by Gasteiger charge is 2.15. The SMILES string of the molecule is COc1ccc(NC(=O)C(S)Cc2ccccc2)cc1F. The number of nitrogens with one attached hydrogen (secondary N) is 1. The van der Waals surface area contributed by atoms with Crippen molar-refractivity contribution in [2.24, 2.45) is 0 Å². The van der Waals surface area contributed by atoms with E-state index < -0.39 is 11.1 Å². The standard InChI is InChI=1S/C16H16FNO2S/c1-20-14-8-7-12(10-13(14)17)18-16(19)15(21)9-11-5-3-2-4-6-11/h2-8,10,15,21H,9H2,1H3,(H,18,19). The van der Waals surface area contributed by atoms with Gasteiger partial charge in [0.1, 0.15) is 0 Å². The Morgan fingerprint density at radius 1 is 1.29 bits per heavy atom. The molecule has 3 nitrogen and oxygen atoms in total. The molecule has 0 spiro atoms. The van der Waals surface area contributed by atoms with Gasteiger partial charge in [-0.15, -0.1) is 0 Å². The molecule has 5 heteroatoms. The molecule has 1 N–H and O–H groups in total. The van der Waals surface area contributed by atoms with E-state index in [1.165, 1.54) is 19.2 Å². The van der Waals surface area contributed by atoms with E-state index in [2.05, 4.69) is 17.9 Å². The van der Waals surface area contributed by atoms with Crippen LogP contribution in [0.2, 0.25) is 0 Å². The lowest BCUT2D eigenvalue weighted by Gasteiger charge is -2.12. The number of thiol groups is 1. The molecule has 2 rings (SSSR count). The molecule has 1 amide bonds. The summed E-state index contributed by atoms with van der Waals surface area (Å²) in [5.74, 6) is -0.652. The third kappa shape index (κ3) is 4.23. The van der Waals surface area contributed by atoms with E-state index in [9.17, 15) is 9.18 Å². The first-order valence-corrected chi connectivity index (χ1v) is 6.98. The average Bonchev–Trinajstić information content (AvgIpc) is 2.48. The van der Waals surface area contributed by atoms with Gasteiger partial charge in [-0.05, 0) is 24.1 Å². The Balaban J connectivity index is 1.99. The Hall–Kier alpha value is -2.01. The Morgan fingerprint density at radius 2 is 2.00 bits per heavy atom. The second-order valence-electron chi connectivity index (χ2n) is 4.54. The molecule has 0 saturated carbocycles. The van der Waals surface area contributed by atoms with Crippen LogP contribution in [0.25, 0.3) is 0 Å². The van der Waals surface area contributed by atoms with E-state index in [1.807, 2.05) is 30.3 Å². The van der Waals surface area contributed by atoms with Crippen LogP contribution in [0.5, 0.6) is 5.75 Å². The van der Waals surface area contributed by atoms with Gasteiger partial charge in [-0.2, -0.15) is 12.6 Å². The fraction of sp³-hybridized carbons (Fsp3) is 0.188. The Labute approximate surface area is 128 Å². The molecule has 0 bridgehead atoms. The summed E-state index contributed by atoms with van der Waals surface area (Å²) in [5, 5.41) is 2.14. The molecule has 0 fully saturated rings. The second-order valence-corrected chi connectivity index (χ2v) is 5.17. The molecule has 2 aromatic rings. The predicted molar refractivity (Wildman–Crippen MR) is 84.5 cm³/mol. The van der Waals surface area contributed by atoms with Crippen molar-refractivity contribution < 1.29 is 13.9 Å². The minimum atomic E-state index is -0.519. The van der Waals surface area contributed by atoms with Crippen LogP contribution in [0.3, 0.4) is 0 Å². The summed E-state index contributed by atoms with van der Waals surface area (Å²) in [7, 11) is 1.39. The van der Waals surface area contributed by atoms with Crippen LogP contribution in [-0.4, -0.2) is 18.3 Å². The number of hydrogen-bond donors (Lipinski definition) is 2. The molecule has 0 saturated heterocycles. The van der Waals surface area contributed by atoms with Gasteiger partial charge in [0.15, 0.2) is 11.6 Å². The van der Waals surface area contributed by atoms with Crippen LogP contribution in [0.1, 0.15) is 5.56 Å². The molecule has 1 atom stereocenters. The number of methoxy groups -OCH3 is 1. The highest BCUT2D eigenvalue weighted by Crippen LogP contribution is 2.21. The summed E-state index contributed by atoms with van der Waals surface area (Å²) >= 11 is 4.30. The zero-order chi connectivity index (χ0) is 15.2.